The molecule has 8 bridgehead atoms. The summed E-state index contributed by atoms with van der Waals surface area (Å²) in [6, 6.07) is 25.7. The average molecular weight is 1580 g/mol. The third-order valence-electron chi connectivity index (χ3n) is 22.2. The van der Waals surface area contributed by atoms with Gasteiger partial charge in [-0.05, 0) is 140 Å². The summed E-state index contributed by atoms with van der Waals surface area (Å²) < 4.78 is 39.9. The molecule has 12 N–H and O–H groups in total. The number of amides is 8. The fraction of sp³-hybridized carbons (Fsp3) is 0.542. The maximum Gasteiger partial charge on any atom is 0.255 e. The third-order valence-corrected chi connectivity index (χ3v) is 22.2. The summed E-state index contributed by atoms with van der Waals surface area (Å²) in [4.78, 5) is 118. The van der Waals surface area contributed by atoms with Gasteiger partial charge in [-0.15, -0.1) is 0 Å². The number of carbonyl (C=O) groups excluding carboxylic acids is 8. The van der Waals surface area contributed by atoms with E-state index in [1.54, 1.807) is 25.3 Å². The number of rotatable bonds is 25. The highest BCUT2D eigenvalue weighted by Crippen LogP contribution is 2.61. The van der Waals surface area contributed by atoms with E-state index in [0.29, 0.717) is 110 Å². The van der Waals surface area contributed by atoms with E-state index < -0.39 is 64.5 Å². The molecule has 0 aromatic heterocycles. The van der Waals surface area contributed by atoms with Crippen molar-refractivity contribution in [2.24, 2.45) is 17.3 Å². The first-order valence-electron chi connectivity index (χ1n) is 39.9. The van der Waals surface area contributed by atoms with Crippen molar-refractivity contribution in [1.29, 1.82) is 0 Å². The zero-order valence-corrected chi connectivity index (χ0v) is 65.6. The first kappa shape index (κ1) is 87.0. The summed E-state index contributed by atoms with van der Waals surface area (Å²) in [5.74, 6) is -3.69. The van der Waals surface area contributed by atoms with Crippen LogP contribution in [0.15, 0.2) is 97.1 Å². The first-order chi connectivity index (χ1) is 55.4. The molecule has 3 aliphatic carbocycles. The number of phenols is 3. The van der Waals surface area contributed by atoms with Gasteiger partial charge < -0.3 is 96.1 Å². The van der Waals surface area contributed by atoms with Crippen LogP contribution in [0.2, 0.25) is 0 Å². The number of carbonyl (C=O) groups is 8. The molecule has 0 spiro atoms. The van der Waals surface area contributed by atoms with Crippen molar-refractivity contribution in [2.75, 3.05) is 217 Å². The lowest BCUT2D eigenvalue weighted by atomic mass is 9.55. The van der Waals surface area contributed by atoms with E-state index in [1.807, 2.05) is 19.6 Å². The second kappa shape index (κ2) is 45.1. The van der Waals surface area contributed by atoms with Crippen molar-refractivity contribution < 1.29 is 91.9 Å². The first-order valence-corrected chi connectivity index (χ1v) is 39.9. The Balaban J connectivity index is 0.713. The lowest BCUT2D eigenvalue weighted by Gasteiger charge is -2.50. The van der Waals surface area contributed by atoms with E-state index in [1.165, 1.54) is 71.8 Å². The fourth-order valence-electron chi connectivity index (χ4n) is 15.8. The Morgan fingerprint density at radius 2 is 0.728 bits per heavy atom. The Kier molecular flexibility index (Phi) is 34.4. The second-order valence-corrected chi connectivity index (χ2v) is 29.4. The molecule has 0 radical (unpaired) electrons. The molecule has 114 heavy (non-hydrogen) atoms. The highest BCUT2D eigenvalue weighted by Gasteiger charge is 2.54. The van der Waals surface area contributed by atoms with Crippen LogP contribution in [0.5, 0.6) is 23.0 Å². The quantitative estimate of drug-likeness (QED) is 0.0374. The minimum Gasteiger partial charge on any atom is -0.506 e. The number of benzene rings is 5. The van der Waals surface area contributed by atoms with Crippen molar-refractivity contribution in [1.82, 2.24) is 62.1 Å². The van der Waals surface area contributed by atoms with E-state index >= 15 is 0 Å². The Morgan fingerprint density at radius 3 is 1.11 bits per heavy atom. The molecule has 31 heteroatoms. The third kappa shape index (κ3) is 25.1. The number of hydrogen-bond donors (Lipinski definition) is 12. The van der Waals surface area contributed by atoms with Gasteiger partial charge in [0.05, 0.1) is 112 Å². The van der Waals surface area contributed by atoms with Crippen LogP contribution in [0, 0.1) is 17.3 Å². The van der Waals surface area contributed by atoms with Crippen LogP contribution >= 0.6 is 0 Å². The molecule has 2 heterocycles. The highest BCUT2D eigenvalue weighted by molar-refractivity contribution is 6.06. The van der Waals surface area contributed by atoms with Crippen LogP contribution in [0.1, 0.15) is 139 Å². The predicted octanol–water partition coefficient (Wildman–Crippen LogP) is 3.00. The number of nitrogens with zero attached hydrogens (tertiary/aromatic N) is 4. The normalized spacial score (nSPS) is 21.6. The minimum absolute atomic E-state index is 0.0102. The smallest absolute Gasteiger partial charge is 0.255 e. The monoisotopic (exact) mass is 1580 g/mol. The molecule has 5 aliphatic rings. The molecule has 5 aromatic rings. The van der Waals surface area contributed by atoms with Crippen molar-refractivity contribution in [3.05, 3.63) is 153 Å². The number of aliphatic hydroxyl groups is 1. The van der Waals surface area contributed by atoms with Crippen molar-refractivity contribution >= 4 is 47.3 Å². The number of aromatic hydroxyl groups is 3. The van der Waals surface area contributed by atoms with E-state index in [-0.39, 0.29) is 174 Å². The molecular weight excluding hydrogens is 1470 g/mol. The van der Waals surface area contributed by atoms with Crippen LogP contribution < -0.4 is 47.3 Å². The minimum atomic E-state index is -0.668. The standard InChI is InChI=1S/C83H114N12O19/c1-83-22-21-62-61-18-16-60(56-57(61)15-17-63(62)70(83)19-20-71(83)96)114-54-53-113-52-51-112-50-48-110-44-42-95-37-29-90-81(106)68-13-5-10-65(73(68)98)78(103)87-26-33-93(34-27-88-79(104)66-11-6-14-69(74(66)99)82(107)91-30-38-95)40-39-92-31-23-84-75(100)58-7-3-8-59(55-58)76(101)85-24-35-94(41-43-109-47-49-111-46-45-108-2)36-28-89-80(105)67-12-4-9-64(72(67)97)77(102)86-25-32-92/h3-14,16,18,55-56,62-63,70-71,96-99H,15,17,19-54H2,1-2H3,(H,84,100)(H,85,101)(H,86,102)(H,87,103)(H,88,104)(H,89,105)(H,90,106)(H,91,107)/t62-,63-,70+,71+,83+/m1/s1. The Labute approximate surface area is 666 Å². The van der Waals surface area contributed by atoms with E-state index in [4.69, 9.17) is 33.2 Å². The van der Waals surface area contributed by atoms with Gasteiger partial charge in [-0.3, -0.25) is 58.0 Å². The van der Waals surface area contributed by atoms with Crippen LogP contribution in [-0.2, 0) is 34.8 Å². The summed E-state index contributed by atoms with van der Waals surface area (Å²) in [5.41, 5.74) is 2.55. The molecule has 31 nitrogen and oxygen atoms in total. The van der Waals surface area contributed by atoms with E-state index in [2.05, 4.69) is 67.7 Å². The number of ether oxygens (including phenoxy) is 7. The number of hydrogen-bond acceptors (Lipinski definition) is 23. The van der Waals surface area contributed by atoms with Crippen molar-refractivity contribution in [3.63, 3.8) is 0 Å². The number of fused-ring (bicyclic) bond motifs is 13. The summed E-state index contributed by atoms with van der Waals surface area (Å²) >= 11 is 0. The summed E-state index contributed by atoms with van der Waals surface area (Å²) in [5, 5.41) is 67.9. The number of phenolic OH excluding ortho intramolecular Hbond substituents is 3. The summed E-state index contributed by atoms with van der Waals surface area (Å²) in [6.07, 6.45) is 6.26. The number of para-hydroxylation sites is 3. The van der Waals surface area contributed by atoms with Gasteiger partial charge in [-0.25, -0.2) is 0 Å². The van der Waals surface area contributed by atoms with Gasteiger partial charge in [0.1, 0.15) is 29.6 Å². The van der Waals surface area contributed by atoms with Crippen LogP contribution in [0.4, 0.5) is 0 Å². The van der Waals surface area contributed by atoms with Crippen LogP contribution in [0.3, 0.4) is 0 Å². The maximum atomic E-state index is 13.9. The predicted molar refractivity (Wildman–Crippen MR) is 424 cm³/mol. The molecule has 5 atom stereocenters. The molecule has 5 aromatic carbocycles. The molecule has 8 amide bonds. The average Bonchev–Trinajstić information content (AvgIpc) is 1.52. The SMILES string of the molecule is COCCOCCOCCN1CCNC(=O)c2cccc(c2)C(=O)NCCN(CCN2CCNC(=O)c3cccc(c3O)C(=O)NCCN(CCOCCOCCOCCOc3ccc4c(c3)CC[C@@H]3[C@@H]4CC[C@]4(C)[C@@H](O)CC[C@@H]34)CCNC(=O)c3cccc(c3O)C(=O)NCC2)CCNC(=O)c2cccc(c2O)C(=O)NCC1. The second-order valence-electron chi connectivity index (χ2n) is 29.4. The zero-order chi connectivity index (χ0) is 80.6. The lowest BCUT2D eigenvalue weighted by Crippen LogP contribution is -2.46. The molecule has 10 rings (SSSR count). The van der Waals surface area contributed by atoms with Crippen molar-refractivity contribution in [3.8, 4) is 23.0 Å². The number of nitrogens with one attached hydrogen (secondary N) is 8. The fourth-order valence-corrected chi connectivity index (χ4v) is 15.8. The van der Waals surface area contributed by atoms with Gasteiger partial charge in [0, 0.05) is 149 Å². The molecule has 2 aliphatic heterocycles. The largest absolute Gasteiger partial charge is 0.506 e. The summed E-state index contributed by atoms with van der Waals surface area (Å²) in [7, 11) is 1.59. The Bertz CT molecular complexity index is 3930. The molecule has 0 saturated heterocycles. The molecule has 620 valence electrons. The molecular formula is C83H114N12O19. The van der Waals surface area contributed by atoms with E-state index in [9.17, 15) is 58.8 Å². The number of aliphatic hydroxyl groups excluding tert-OH is 1. The summed E-state index contributed by atoms with van der Waals surface area (Å²) in [6.45, 7) is 10.7. The Morgan fingerprint density at radius 1 is 0.386 bits per heavy atom. The number of methoxy groups -OCH3 is 1. The zero-order valence-electron chi connectivity index (χ0n) is 65.6. The Hall–Kier alpha value is -9.38. The topological polar surface area (TPSA) is 391 Å². The van der Waals surface area contributed by atoms with E-state index in [0.717, 1.165) is 44.3 Å². The van der Waals surface area contributed by atoms with Gasteiger partial charge in [-0.1, -0.05) is 37.3 Å². The van der Waals surface area contributed by atoms with Gasteiger partial charge in [0.15, 0.2) is 0 Å². The molecule has 0 unspecified atom stereocenters. The van der Waals surface area contributed by atoms with Crippen LogP contribution in [0.25, 0.3) is 0 Å². The van der Waals surface area contributed by atoms with Gasteiger partial charge in [0.2, 0.25) is 0 Å². The maximum absolute atomic E-state index is 13.9. The van der Waals surface area contributed by atoms with Gasteiger partial charge in [0.25, 0.3) is 47.3 Å². The van der Waals surface area contributed by atoms with Crippen LogP contribution in [-0.4, -0.2) is 311 Å². The lowest BCUT2D eigenvalue weighted by molar-refractivity contribution is -0.0226. The highest BCUT2D eigenvalue weighted by atomic mass is 16.6. The van der Waals surface area contributed by atoms with Gasteiger partial charge >= 0.3 is 0 Å². The van der Waals surface area contributed by atoms with Gasteiger partial charge in [-0.2, -0.15) is 0 Å². The molecule has 2 fully saturated rings. The number of aryl methyl sites for hydroxylation is 1. The van der Waals surface area contributed by atoms with Crippen molar-refractivity contribution in [2.45, 2.75) is 57.5 Å². The molecule has 2 saturated carbocycles.